The van der Waals surface area contributed by atoms with Gasteiger partial charge >= 0.3 is 0 Å². The average molecular weight is 248 g/mol. The SMILES string of the molecule is CC1CCN(c2cnccc2/C(N)=N/O)CC1C. The van der Waals surface area contributed by atoms with Crippen LogP contribution in [0.2, 0.25) is 0 Å². The van der Waals surface area contributed by atoms with Crippen molar-refractivity contribution in [2.45, 2.75) is 20.3 Å². The zero-order valence-corrected chi connectivity index (χ0v) is 10.9. The number of hydrogen-bond acceptors (Lipinski definition) is 4. The van der Waals surface area contributed by atoms with Crippen LogP contribution < -0.4 is 10.6 Å². The first-order valence-electron chi connectivity index (χ1n) is 6.30. The first kappa shape index (κ1) is 12.7. The van der Waals surface area contributed by atoms with E-state index < -0.39 is 0 Å². The molecule has 0 radical (unpaired) electrons. The predicted molar refractivity (Wildman–Crippen MR) is 71.9 cm³/mol. The Hall–Kier alpha value is -1.78. The summed E-state index contributed by atoms with van der Waals surface area (Å²) < 4.78 is 0. The summed E-state index contributed by atoms with van der Waals surface area (Å²) in [6.45, 7) is 6.52. The second kappa shape index (κ2) is 5.25. The first-order chi connectivity index (χ1) is 8.63. The Morgan fingerprint density at radius 2 is 2.28 bits per heavy atom. The summed E-state index contributed by atoms with van der Waals surface area (Å²) >= 11 is 0. The molecule has 1 aliphatic rings. The van der Waals surface area contributed by atoms with Crippen LogP contribution in [-0.2, 0) is 0 Å². The molecule has 0 saturated carbocycles. The van der Waals surface area contributed by atoms with Crippen LogP contribution in [0.1, 0.15) is 25.8 Å². The molecule has 2 rings (SSSR count). The Morgan fingerprint density at radius 3 is 2.94 bits per heavy atom. The van der Waals surface area contributed by atoms with Gasteiger partial charge in [0.15, 0.2) is 5.84 Å². The minimum absolute atomic E-state index is 0.138. The van der Waals surface area contributed by atoms with Crippen LogP contribution in [0.15, 0.2) is 23.6 Å². The molecule has 5 nitrogen and oxygen atoms in total. The highest BCUT2D eigenvalue weighted by atomic mass is 16.4. The summed E-state index contributed by atoms with van der Waals surface area (Å²) in [4.78, 5) is 6.42. The molecule has 2 unspecified atom stereocenters. The van der Waals surface area contributed by atoms with Crippen molar-refractivity contribution in [3.05, 3.63) is 24.0 Å². The number of rotatable bonds is 2. The minimum Gasteiger partial charge on any atom is -0.409 e. The van der Waals surface area contributed by atoms with Crippen LogP contribution in [0.4, 0.5) is 5.69 Å². The molecule has 0 bridgehead atoms. The van der Waals surface area contributed by atoms with Crippen molar-refractivity contribution in [2.75, 3.05) is 18.0 Å². The highest BCUT2D eigenvalue weighted by molar-refractivity contribution is 6.02. The van der Waals surface area contributed by atoms with Gasteiger partial charge in [-0.3, -0.25) is 4.98 Å². The normalized spacial score (nSPS) is 25.2. The number of oxime groups is 1. The van der Waals surface area contributed by atoms with Gasteiger partial charge in [-0.1, -0.05) is 19.0 Å². The topological polar surface area (TPSA) is 74.7 Å². The molecule has 1 aromatic rings. The van der Waals surface area contributed by atoms with Crippen molar-refractivity contribution in [3.63, 3.8) is 0 Å². The molecule has 0 aromatic carbocycles. The number of hydrogen-bond donors (Lipinski definition) is 2. The molecule has 1 fully saturated rings. The summed E-state index contributed by atoms with van der Waals surface area (Å²) in [7, 11) is 0. The fraction of sp³-hybridized carbons (Fsp3) is 0.538. The number of nitrogens with two attached hydrogens (primary N) is 1. The van der Waals surface area contributed by atoms with Crippen molar-refractivity contribution in [1.82, 2.24) is 4.98 Å². The van der Waals surface area contributed by atoms with Crippen LogP contribution in [-0.4, -0.2) is 29.1 Å². The monoisotopic (exact) mass is 248 g/mol. The number of piperidine rings is 1. The molecule has 3 N–H and O–H groups in total. The van der Waals surface area contributed by atoms with E-state index in [9.17, 15) is 0 Å². The fourth-order valence-corrected chi connectivity index (χ4v) is 2.39. The predicted octanol–water partition coefficient (Wildman–Crippen LogP) is 1.66. The summed E-state index contributed by atoms with van der Waals surface area (Å²) in [6, 6.07) is 1.78. The van der Waals surface area contributed by atoms with Crippen molar-refractivity contribution in [1.29, 1.82) is 0 Å². The molecule has 1 aromatic heterocycles. The lowest BCUT2D eigenvalue weighted by molar-refractivity contribution is 0.318. The minimum atomic E-state index is 0.138. The number of amidine groups is 1. The lowest BCUT2D eigenvalue weighted by atomic mass is 9.88. The molecule has 98 valence electrons. The molecule has 0 spiro atoms. The molecule has 1 saturated heterocycles. The van der Waals surface area contributed by atoms with Gasteiger partial charge in [-0.25, -0.2) is 0 Å². The number of pyridine rings is 1. The summed E-state index contributed by atoms with van der Waals surface area (Å²) in [5.74, 6) is 1.52. The number of aromatic nitrogens is 1. The maximum atomic E-state index is 8.83. The van der Waals surface area contributed by atoms with Gasteiger partial charge in [-0.05, 0) is 24.3 Å². The van der Waals surface area contributed by atoms with E-state index in [4.69, 9.17) is 10.9 Å². The van der Waals surface area contributed by atoms with E-state index in [0.717, 1.165) is 36.7 Å². The molecular formula is C13H20N4O. The van der Waals surface area contributed by atoms with Crippen molar-refractivity contribution in [3.8, 4) is 0 Å². The van der Waals surface area contributed by atoms with Crippen LogP contribution in [0.3, 0.4) is 0 Å². The van der Waals surface area contributed by atoms with Gasteiger partial charge in [-0.2, -0.15) is 0 Å². The molecule has 5 heteroatoms. The smallest absolute Gasteiger partial charge is 0.172 e. The molecule has 2 heterocycles. The van der Waals surface area contributed by atoms with Gasteiger partial charge in [0.1, 0.15) is 0 Å². The third kappa shape index (κ3) is 2.39. The van der Waals surface area contributed by atoms with Gasteiger partial charge < -0.3 is 15.8 Å². The summed E-state index contributed by atoms with van der Waals surface area (Å²) in [5.41, 5.74) is 7.40. The maximum absolute atomic E-state index is 8.83. The molecule has 2 atom stereocenters. The molecule has 18 heavy (non-hydrogen) atoms. The van der Waals surface area contributed by atoms with Crippen LogP contribution >= 0.6 is 0 Å². The van der Waals surface area contributed by atoms with Gasteiger partial charge in [0.05, 0.1) is 11.9 Å². The third-order valence-electron chi connectivity index (χ3n) is 3.86. The van der Waals surface area contributed by atoms with Crippen molar-refractivity contribution >= 4 is 11.5 Å². The van der Waals surface area contributed by atoms with E-state index in [1.165, 1.54) is 0 Å². The van der Waals surface area contributed by atoms with Crippen molar-refractivity contribution in [2.24, 2.45) is 22.7 Å². The number of nitrogens with zero attached hydrogens (tertiary/aromatic N) is 3. The Labute approximate surface area is 107 Å². The summed E-state index contributed by atoms with van der Waals surface area (Å²) in [6.07, 6.45) is 4.61. The van der Waals surface area contributed by atoms with Gasteiger partial charge in [0.25, 0.3) is 0 Å². The van der Waals surface area contributed by atoms with Crippen molar-refractivity contribution < 1.29 is 5.21 Å². The van der Waals surface area contributed by atoms with E-state index in [1.807, 2.05) is 0 Å². The third-order valence-corrected chi connectivity index (χ3v) is 3.86. The standard InChI is InChI=1S/C13H20N4O/c1-9-4-6-17(8-10(9)2)12-7-15-5-3-11(12)13(14)16-18/h3,5,7,9-10,18H,4,6,8H2,1-2H3,(H2,14,16). The Kier molecular flexibility index (Phi) is 3.69. The molecular weight excluding hydrogens is 228 g/mol. The molecule has 0 aliphatic carbocycles. The Balaban J connectivity index is 2.28. The largest absolute Gasteiger partial charge is 0.409 e. The van der Waals surface area contributed by atoms with E-state index in [1.54, 1.807) is 18.5 Å². The highest BCUT2D eigenvalue weighted by Crippen LogP contribution is 2.28. The van der Waals surface area contributed by atoms with E-state index in [0.29, 0.717) is 5.92 Å². The molecule has 1 aliphatic heterocycles. The lowest BCUT2D eigenvalue weighted by Gasteiger charge is -2.37. The van der Waals surface area contributed by atoms with Crippen LogP contribution in [0.5, 0.6) is 0 Å². The highest BCUT2D eigenvalue weighted by Gasteiger charge is 2.24. The average Bonchev–Trinajstić information content (AvgIpc) is 2.41. The fourth-order valence-electron chi connectivity index (χ4n) is 2.39. The number of anilines is 1. The van der Waals surface area contributed by atoms with E-state index in [2.05, 4.69) is 28.9 Å². The van der Waals surface area contributed by atoms with Gasteiger partial charge in [-0.15, -0.1) is 0 Å². The molecule has 0 amide bonds. The van der Waals surface area contributed by atoms with Gasteiger partial charge in [0.2, 0.25) is 0 Å². The summed E-state index contributed by atoms with van der Waals surface area (Å²) in [5, 5.41) is 11.9. The first-order valence-corrected chi connectivity index (χ1v) is 6.30. The Bertz CT molecular complexity index is 446. The Morgan fingerprint density at radius 1 is 1.50 bits per heavy atom. The maximum Gasteiger partial charge on any atom is 0.172 e. The van der Waals surface area contributed by atoms with Gasteiger partial charge in [0, 0.05) is 24.8 Å². The second-order valence-corrected chi connectivity index (χ2v) is 5.07. The van der Waals surface area contributed by atoms with E-state index in [-0.39, 0.29) is 5.84 Å². The second-order valence-electron chi connectivity index (χ2n) is 5.07. The lowest BCUT2D eigenvalue weighted by Crippen LogP contribution is -2.39. The zero-order chi connectivity index (χ0) is 13.1. The van der Waals surface area contributed by atoms with Crippen LogP contribution in [0, 0.1) is 11.8 Å². The van der Waals surface area contributed by atoms with Crippen LogP contribution in [0.25, 0.3) is 0 Å². The quantitative estimate of drug-likeness (QED) is 0.361. The zero-order valence-electron chi connectivity index (χ0n) is 10.9. The van der Waals surface area contributed by atoms with E-state index >= 15 is 0 Å².